The van der Waals surface area contributed by atoms with E-state index < -0.39 is 5.41 Å². The van der Waals surface area contributed by atoms with E-state index in [1.807, 2.05) is 42.5 Å². The van der Waals surface area contributed by atoms with Gasteiger partial charge in [0.2, 0.25) is 5.91 Å². The van der Waals surface area contributed by atoms with Gasteiger partial charge in [0.15, 0.2) is 0 Å². The van der Waals surface area contributed by atoms with E-state index in [9.17, 15) is 9.59 Å². The zero-order chi connectivity index (χ0) is 21.0. The number of rotatable bonds is 4. The number of para-hydroxylation sites is 1. The van der Waals surface area contributed by atoms with Gasteiger partial charge in [0, 0.05) is 22.6 Å². The fraction of sp³-hybridized carbons (Fsp3) is 0.115. The van der Waals surface area contributed by atoms with Crippen LogP contribution in [0.2, 0.25) is 0 Å². The Bertz CT molecular complexity index is 1380. The summed E-state index contributed by atoms with van der Waals surface area (Å²) in [6.07, 6.45) is 5.62. The molecule has 2 atom stereocenters. The van der Waals surface area contributed by atoms with E-state index in [4.69, 9.17) is 0 Å². The van der Waals surface area contributed by atoms with Crippen LogP contribution in [0.1, 0.15) is 45.1 Å². The van der Waals surface area contributed by atoms with Crippen LogP contribution in [0.3, 0.4) is 0 Å². The first-order valence-electron chi connectivity index (χ1n) is 10.3. The SMILES string of the molecule is O=Cc1ccc(C=Cc2n[nH]c3cc([C@@H]4C[C@@]45C(=O)Nc4ccccc45)ccc23)cc1. The molecule has 2 N–H and O–H groups in total. The van der Waals surface area contributed by atoms with Crippen molar-refractivity contribution in [3.05, 3.63) is 94.7 Å². The first-order chi connectivity index (χ1) is 15.2. The standard InChI is InChI=1S/C26H19N3O2/c30-15-17-7-5-16(6-8-17)9-12-22-19-11-10-18(13-24(19)29-28-22)21-14-26(21)20-3-1-2-4-23(20)27-25(26)31/h1-13,15,21H,14H2,(H,27,31)(H,28,29)/t21-,26-/m0/s1. The average molecular weight is 405 g/mol. The third kappa shape index (κ3) is 2.66. The van der Waals surface area contributed by atoms with Gasteiger partial charge in [-0.1, -0.05) is 60.7 Å². The molecule has 5 heteroatoms. The molecule has 4 aromatic rings. The predicted octanol–water partition coefficient (Wildman–Crippen LogP) is 4.92. The highest BCUT2D eigenvalue weighted by atomic mass is 16.2. The number of carbonyl (C=O) groups excluding carboxylic acids is 2. The maximum Gasteiger partial charge on any atom is 0.235 e. The molecular weight excluding hydrogens is 386 g/mol. The highest BCUT2D eigenvalue weighted by Crippen LogP contribution is 2.64. The van der Waals surface area contributed by atoms with E-state index >= 15 is 0 Å². The van der Waals surface area contributed by atoms with Crippen LogP contribution in [0.15, 0.2) is 66.7 Å². The van der Waals surface area contributed by atoms with Crippen molar-refractivity contribution in [3.8, 4) is 0 Å². The average Bonchev–Trinajstić information content (AvgIpc) is 3.34. The Morgan fingerprint density at radius 2 is 1.77 bits per heavy atom. The molecule has 1 fully saturated rings. The number of aromatic amines is 1. The number of aromatic nitrogens is 2. The van der Waals surface area contributed by atoms with Crippen molar-refractivity contribution < 1.29 is 9.59 Å². The van der Waals surface area contributed by atoms with Crippen molar-refractivity contribution >= 4 is 40.9 Å². The molecule has 0 radical (unpaired) electrons. The van der Waals surface area contributed by atoms with Crippen molar-refractivity contribution in [2.75, 3.05) is 5.32 Å². The zero-order valence-electron chi connectivity index (χ0n) is 16.6. The summed E-state index contributed by atoms with van der Waals surface area (Å²) in [6, 6.07) is 21.7. The topological polar surface area (TPSA) is 74.8 Å². The molecule has 31 heavy (non-hydrogen) atoms. The minimum absolute atomic E-state index is 0.104. The van der Waals surface area contributed by atoms with Crippen molar-refractivity contribution in [1.82, 2.24) is 10.2 Å². The minimum atomic E-state index is -0.430. The molecule has 3 aromatic carbocycles. The molecule has 150 valence electrons. The van der Waals surface area contributed by atoms with E-state index in [2.05, 4.69) is 39.8 Å². The number of nitrogens with one attached hydrogen (secondary N) is 2. The molecule has 1 spiro atoms. The monoisotopic (exact) mass is 405 g/mol. The number of benzene rings is 3. The van der Waals surface area contributed by atoms with E-state index in [-0.39, 0.29) is 11.8 Å². The maximum absolute atomic E-state index is 12.8. The molecule has 1 aliphatic heterocycles. The second-order valence-corrected chi connectivity index (χ2v) is 8.26. The van der Waals surface area contributed by atoms with Gasteiger partial charge in [-0.25, -0.2) is 0 Å². The first-order valence-corrected chi connectivity index (χ1v) is 10.3. The van der Waals surface area contributed by atoms with Crippen LogP contribution >= 0.6 is 0 Å². The fourth-order valence-corrected chi connectivity index (χ4v) is 4.81. The van der Waals surface area contributed by atoms with Gasteiger partial charge in [-0.05, 0) is 41.3 Å². The third-order valence-electron chi connectivity index (χ3n) is 6.55. The number of fused-ring (bicyclic) bond motifs is 3. The summed E-state index contributed by atoms with van der Waals surface area (Å²) >= 11 is 0. The van der Waals surface area contributed by atoms with Gasteiger partial charge in [0.05, 0.1) is 16.6 Å². The van der Waals surface area contributed by atoms with Crippen molar-refractivity contribution in [1.29, 1.82) is 0 Å². The molecule has 1 aliphatic carbocycles. The summed E-state index contributed by atoms with van der Waals surface area (Å²) in [5.74, 6) is 0.284. The Morgan fingerprint density at radius 3 is 2.61 bits per heavy atom. The fourth-order valence-electron chi connectivity index (χ4n) is 4.81. The number of aldehydes is 1. The number of hydrogen-bond acceptors (Lipinski definition) is 3. The number of carbonyl (C=O) groups is 2. The summed E-state index contributed by atoms with van der Waals surface area (Å²) in [6.45, 7) is 0. The van der Waals surface area contributed by atoms with Gasteiger partial charge < -0.3 is 5.32 Å². The molecule has 1 saturated carbocycles. The number of amides is 1. The van der Waals surface area contributed by atoms with Gasteiger partial charge in [0.1, 0.15) is 6.29 Å². The molecule has 2 aliphatic rings. The molecular formula is C26H19N3O2. The van der Waals surface area contributed by atoms with Crippen LogP contribution in [0.25, 0.3) is 23.1 Å². The minimum Gasteiger partial charge on any atom is -0.325 e. The van der Waals surface area contributed by atoms with E-state index in [1.54, 1.807) is 12.1 Å². The molecule has 6 rings (SSSR count). The smallest absolute Gasteiger partial charge is 0.235 e. The predicted molar refractivity (Wildman–Crippen MR) is 121 cm³/mol. The third-order valence-corrected chi connectivity index (χ3v) is 6.55. The maximum atomic E-state index is 12.8. The van der Waals surface area contributed by atoms with Crippen molar-refractivity contribution in [2.45, 2.75) is 17.8 Å². The normalized spacial score (nSPS) is 21.5. The van der Waals surface area contributed by atoms with Crippen LogP contribution in [0, 0.1) is 0 Å². The van der Waals surface area contributed by atoms with Gasteiger partial charge in [-0.15, -0.1) is 0 Å². The van der Waals surface area contributed by atoms with E-state index in [1.165, 1.54) is 0 Å². The summed E-state index contributed by atoms with van der Waals surface area (Å²) in [7, 11) is 0. The zero-order valence-corrected chi connectivity index (χ0v) is 16.6. The van der Waals surface area contributed by atoms with Gasteiger partial charge in [0.25, 0.3) is 0 Å². The summed E-state index contributed by atoms with van der Waals surface area (Å²) in [4.78, 5) is 23.6. The number of hydrogen-bond donors (Lipinski definition) is 2. The van der Waals surface area contributed by atoms with Crippen molar-refractivity contribution in [3.63, 3.8) is 0 Å². The second-order valence-electron chi connectivity index (χ2n) is 8.26. The lowest BCUT2D eigenvalue weighted by Gasteiger charge is -2.08. The van der Waals surface area contributed by atoms with E-state index in [0.29, 0.717) is 5.56 Å². The van der Waals surface area contributed by atoms with Crippen LogP contribution in [-0.2, 0) is 10.2 Å². The molecule has 1 amide bonds. The van der Waals surface area contributed by atoms with E-state index in [0.717, 1.165) is 51.7 Å². The molecule has 0 saturated heterocycles. The summed E-state index contributed by atoms with van der Waals surface area (Å²) in [5.41, 5.74) is 6.25. The Kier molecular flexibility index (Phi) is 3.74. The summed E-state index contributed by atoms with van der Waals surface area (Å²) < 4.78 is 0. The van der Waals surface area contributed by atoms with Crippen LogP contribution < -0.4 is 5.32 Å². The Morgan fingerprint density at radius 1 is 0.968 bits per heavy atom. The van der Waals surface area contributed by atoms with Crippen LogP contribution in [0.4, 0.5) is 5.69 Å². The largest absolute Gasteiger partial charge is 0.325 e. The highest BCUT2D eigenvalue weighted by Gasteiger charge is 2.65. The quantitative estimate of drug-likeness (QED) is 0.473. The molecule has 1 aromatic heterocycles. The highest BCUT2D eigenvalue weighted by molar-refractivity contribution is 6.09. The molecule has 0 unspecified atom stereocenters. The lowest BCUT2D eigenvalue weighted by molar-refractivity contribution is -0.118. The number of H-pyrrole nitrogens is 1. The molecule has 0 bridgehead atoms. The van der Waals surface area contributed by atoms with Gasteiger partial charge >= 0.3 is 0 Å². The van der Waals surface area contributed by atoms with Crippen LogP contribution in [-0.4, -0.2) is 22.4 Å². The second kappa shape index (κ2) is 6.51. The van der Waals surface area contributed by atoms with Crippen molar-refractivity contribution in [2.24, 2.45) is 0 Å². The van der Waals surface area contributed by atoms with Gasteiger partial charge in [-0.2, -0.15) is 5.10 Å². The lowest BCUT2D eigenvalue weighted by atomic mass is 9.92. The number of anilines is 1. The Labute approximate surface area is 178 Å². The van der Waals surface area contributed by atoms with Crippen LogP contribution in [0.5, 0.6) is 0 Å². The Balaban J connectivity index is 1.29. The first kappa shape index (κ1) is 17.8. The number of nitrogens with zero attached hydrogens (tertiary/aromatic N) is 1. The molecule has 5 nitrogen and oxygen atoms in total. The molecule has 2 heterocycles. The lowest BCUT2D eigenvalue weighted by Crippen LogP contribution is -2.20. The summed E-state index contributed by atoms with van der Waals surface area (Å²) in [5, 5.41) is 11.7. The van der Waals surface area contributed by atoms with Gasteiger partial charge in [-0.3, -0.25) is 14.7 Å². The Hall–Kier alpha value is -3.99.